The lowest BCUT2D eigenvalue weighted by Crippen LogP contribution is -2.44. The molecule has 0 radical (unpaired) electrons. The lowest BCUT2D eigenvalue weighted by Gasteiger charge is -2.37. The predicted octanol–water partition coefficient (Wildman–Crippen LogP) is 3.74. The van der Waals surface area contributed by atoms with E-state index < -0.39 is 18.3 Å². The van der Waals surface area contributed by atoms with Crippen LogP contribution >= 0.6 is 11.6 Å². The summed E-state index contributed by atoms with van der Waals surface area (Å²) in [4.78, 5) is 12.0. The second-order valence-corrected chi connectivity index (χ2v) is 15.6. The minimum atomic E-state index is -3.51. The van der Waals surface area contributed by atoms with Crippen LogP contribution in [0, 0.1) is 5.92 Å². The van der Waals surface area contributed by atoms with Gasteiger partial charge in [0.15, 0.2) is 8.32 Å². The van der Waals surface area contributed by atoms with Crippen LogP contribution < -0.4 is 10.0 Å². The Hall–Kier alpha value is -0.973. The van der Waals surface area contributed by atoms with Gasteiger partial charge < -0.3 is 9.74 Å². The Labute approximate surface area is 169 Å². The quantitative estimate of drug-likeness (QED) is 0.566. The molecule has 0 aliphatic heterocycles. The third-order valence-corrected chi connectivity index (χ3v) is 9.65. The van der Waals surface area contributed by atoms with Crippen LogP contribution in [0.4, 0.5) is 11.9 Å². The van der Waals surface area contributed by atoms with E-state index in [-0.39, 0.29) is 28.3 Å². The monoisotopic (exact) mass is 437 g/mol. The molecule has 0 aliphatic rings. The zero-order valence-corrected chi connectivity index (χ0v) is 20.0. The van der Waals surface area contributed by atoms with E-state index in [4.69, 9.17) is 16.0 Å². The summed E-state index contributed by atoms with van der Waals surface area (Å²) in [5.41, 5.74) is 0. The number of halogens is 1. The molecule has 1 aromatic heterocycles. The molecule has 0 unspecified atom stereocenters. The maximum atomic E-state index is 11.4. The maximum Gasteiger partial charge on any atom is 0.242 e. The van der Waals surface area contributed by atoms with Crippen molar-refractivity contribution in [3.8, 4) is 0 Å². The molecule has 1 atom stereocenters. The summed E-state index contributed by atoms with van der Waals surface area (Å²) in [6.07, 6.45) is 1.86. The molecular formula is C16H32ClN5O3SSi. The summed E-state index contributed by atoms with van der Waals surface area (Å²) in [6, 6.07) is -0.0383. The van der Waals surface area contributed by atoms with Gasteiger partial charge in [0, 0.05) is 0 Å². The van der Waals surface area contributed by atoms with Gasteiger partial charge in [-0.25, -0.2) is 8.42 Å². The Morgan fingerprint density at radius 1 is 1.15 bits per heavy atom. The van der Waals surface area contributed by atoms with E-state index in [1.807, 2.05) is 0 Å². The van der Waals surface area contributed by atoms with Crippen molar-refractivity contribution in [3.05, 3.63) is 5.28 Å². The van der Waals surface area contributed by atoms with Crippen LogP contribution in [0.1, 0.15) is 41.0 Å². The normalized spacial score (nSPS) is 14.3. The fourth-order valence-corrected chi connectivity index (χ4v) is 3.71. The summed E-state index contributed by atoms with van der Waals surface area (Å²) in [5, 5.41) is 3.24. The highest BCUT2D eigenvalue weighted by molar-refractivity contribution is 7.91. The number of hydrogen-bond acceptors (Lipinski definition) is 7. The Bertz CT molecular complexity index is 738. The summed E-state index contributed by atoms with van der Waals surface area (Å²) < 4.78 is 31.4. The van der Waals surface area contributed by atoms with E-state index in [9.17, 15) is 8.42 Å². The van der Waals surface area contributed by atoms with Gasteiger partial charge >= 0.3 is 0 Å². The van der Waals surface area contributed by atoms with Crippen molar-refractivity contribution in [2.45, 2.75) is 65.2 Å². The lowest BCUT2D eigenvalue weighted by atomic mass is 10.0. The van der Waals surface area contributed by atoms with Gasteiger partial charge in [-0.3, -0.25) is 4.72 Å². The predicted molar refractivity (Wildman–Crippen MR) is 113 cm³/mol. The lowest BCUT2D eigenvalue weighted by molar-refractivity contribution is 0.256. The molecule has 1 heterocycles. The molecule has 11 heteroatoms. The number of sulfonamides is 1. The van der Waals surface area contributed by atoms with Crippen LogP contribution in [0.15, 0.2) is 0 Å². The average Bonchev–Trinajstić information content (AvgIpc) is 2.40. The first-order valence-corrected chi connectivity index (χ1v) is 14.1. The maximum absolute atomic E-state index is 11.4. The Balaban J connectivity index is 2.97. The molecule has 8 nitrogen and oxygen atoms in total. The highest BCUT2D eigenvalue weighted by Crippen LogP contribution is 2.36. The van der Waals surface area contributed by atoms with Crippen molar-refractivity contribution in [3.63, 3.8) is 0 Å². The third-order valence-electron chi connectivity index (χ3n) is 4.43. The van der Waals surface area contributed by atoms with Crippen molar-refractivity contribution in [1.29, 1.82) is 0 Å². The van der Waals surface area contributed by atoms with E-state index >= 15 is 0 Å². The highest BCUT2D eigenvalue weighted by atomic mass is 35.5. The van der Waals surface area contributed by atoms with Gasteiger partial charge in [0.05, 0.1) is 18.9 Å². The molecule has 0 aromatic carbocycles. The van der Waals surface area contributed by atoms with Crippen molar-refractivity contribution in [2.75, 3.05) is 22.9 Å². The molecule has 0 fully saturated rings. The molecule has 0 saturated carbocycles. The summed E-state index contributed by atoms with van der Waals surface area (Å²) in [7, 11) is -5.41. The zero-order valence-electron chi connectivity index (χ0n) is 17.4. The molecule has 0 amide bonds. The van der Waals surface area contributed by atoms with Crippen molar-refractivity contribution < 1.29 is 12.8 Å². The molecular weight excluding hydrogens is 406 g/mol. The molecule has 1 rings (SSSR count). The number of nitrogens with one attached hydrogen (secondary N) is 2. The van der Waals surface area contributed by atoms with Crippen LogP contribution in [0.3, 0.4) is 0 Å². The van der Waals surface area contributed by atoms with Crippen LogP contribution in [0.25, 0.3) is 0 Å². The topological polar surface area (TPSA) is 106 Å². The first-order valence-electron chi connectivity index (χ1n) is 8.89. The van der Waals surface area contributed by atoms with E-state index in [2.05, 4.69) is 72.7 Å². The number of rotatable bonds is 9. The SMILES string of the molecule is CC(C)C[C@H](CO[Si](C)(C)C(C)(C)C)Nc1nc(Cl)nc(NS(C)(=O)=O)n1. The molecule has 0 spiro atoms. The molecule has 27 heavy (non-hydrogen) atoms. The number of aromatic nitrogens is 3. The Kier molecular flexibility index (Phi) is 8.04. The summed E-state index contributed by atoms with van der Waals surface area (Å²) in [5.74, 6) is 0.524. The Morgan fingerprint density at radius 2 is 1.70 bits per heavy atom. The number of anilines is 2. The average molecular weight is 438 g/mol. The number of nitrogens with zero attached hydrogens (tertiary/aromatic N) is 3. The molecule has 0 saturated heterocycles. The van der Waals surface area contributed by atoms with E-state index in [1.165, 1.54) is 0 Å². The van der Waals surface area contributed by atoms with E-state index in [0.717, 1.165) is 12.7 Å². The van der Waals surface area contributed by atoms with Crippen molar-refractivity contribution >= 4 is 41.8 Å². The zero-order chi connectivity index (χ0) is 21.0. The summed E-state index contributed by atoms with van der Waals surface area (Å²) >= 11 is 5.92. The van der Waals surface area contributed by atoms with Gasteiger partial charge in [-0.15, -0.1) is 0 Å². The van der Waals surface area contributed by atoms with Gasteiger partial charge in [-0.2, -0.15) is 15.0 Å². The van der Waals surface area contributed by atoms with Gasteiger partial charge in [0.25, 0.3) is 0 Å². The summed E-state index contributed by atoms with van der Waals surface area (Å²) in [6.45, 7) is 15.7. The van der Waals surface area contributed by atoms with Crippen LogP contribution in [0.5, 0.6) is 0 Å². The van der Waals surface area contributed by atoms with Crippen molar-refractivity contribution in [2.24, 2.45) is 5.92 Å². The molecule has 0 bridgehead atoms. The molecule has 2 N–H and O–H groups in total. The highest BCUT2D eigenvalue weighted by Gasteiger charge is 2.37. The van der Waals surface area contributed by atoms with Gasteiger partial charge in [-0.1, -0.05) is 34.6 Å². The smallest absolute Gasteiger partial charge is 0.242 e. The van der Waals surface area contributed by atoms with Crippen LogP contribution in [0.2, 0.25) is 23.4 Å². The van der Waals surface area contributed by atoms with E-state index in [1.54, 1.807) is 0 Å². The van der Waals surface area contributed by atoms with E-state index in [0.29, 0.717) is 12.5 Å². The van der Waals surface area contributed by atoms with Gasteiger partial charge in [0.1, 0.15) is 0 Å². The second-order valence-electron chi connectivity index (χ2n) is 8.67. The fourth-order valence-electron chi connectivity index (χ4n) is 2.07. The molecule has 1 aromatic rings. The van der Waals surface area contributed by atoms with Crippen LogP contribution in [-0.2, 0) is 14.4 Å². The van der Waals surface area contributed by atoms with Crippen LogP contribution in [-0.4, -0.2) is 50.6 Å². The number of hydrogen-bond donors (Lipinski definition) is 2. The van der Waals surface area contributed by atoms with Crippen molar-refractivity contribution in [1.82, 2.24) is 15.0 Å². The first-order chi connectivity index (χ1) is 12.1. The fraction of sp³-hybridized carbons (Fsp3) is 0.812. The van der Waals surface area contributed by atoms with Gasteiger partial charge in [-0.05, 0) is 42.1 Å². The minimum Gasteiger partial charge on any atom is -0.415 e. The standard InChI is InChI=1S/C16H32ClN5O3SSi/c1-11(2)9-12(10-25-27(7,8)16(3,4)5)18-14-19-13(17)20-15(21-14)22-26(6,23)24/h11-12H,9-10H2,1-8H3,(H2,18,19,20,21,22)/t12-/m1/s1. The Morgan fingerprint density at radius 3 is 2.19 bits per heavy atom. The molecule has 156 valence electrons. The largest absolute Gasteiger partial charge is 0.415 e. The van der Waals surface area contributed by atoms with Gasteiger partial charge in [0.2, 0.25) is 27.2 Å². The second kappa shape index (κ2) is 9.02. The first kappa shape index (κ1) is 24.1. The molecule has 0 aliphatic carbocycles. The minimum absolute atomic E-state index is 0.0383. The third kappa shape index (κ3) is 8.71.